The first-order valence-corrected chi connectivity index (χ1v) is 6.78. The van der Waals surface area contributed by atoms with Crippen molar-refractivity contribution in [2.45, 2.75) is 13.1 Å². The van der Waals surface area contributed by atoms with Crippen LogP contribution in [0.3, 0.4) is 0 Å². The van der Waals surface area contributed by atoms with Gasteiger partial charge in [-0.15, -0.1) is 0 Å². The summed E-state index contributed by atoms with van der Waals surface area (Å²) < 4.78 is 42.5. The van der Waals surface area contributed by atoms with Gasteiger partial charge in [0.2, 0.25) is 0 Å². The van der Waals surface area contributed by atoms with Crippen LogP contribution in [0.25, 0.3) is 5.57 Å². The molecule has 126 valence electrons. The van der Waals surface area contributed by atoms with Gasteiger partial charge >= 0.3 is 12.1 Å². The van der Waals surface area contributed by atoms with Crippen molar-refractivity contribution in [3.05, 3.63) is 34.7 Å². The van der Waals surface area contributed by atoms with Crippen LogP contribution in [0, 0.1) is 0 Å². The molecule has 0 saturated heterocycles. The topological polar surface area (TPSA) is 59.5 Å². The molecule has 0 atom stereocenters. The van der Waals surface area contributed by atoms with Crippen molar-refractivity contribution in [1.29, 1.82) is 0 Å². The Morgan fingerprint density at radius 3 is 2.43 bits per heavy atom. The number of esters is 1. The second-order valence-electron chi connectivity index (χ2n) is 4.61. The Kier molecular flexibility index (Phi) is 6.14. The van der Waals surface area contributed by atoms with E-state index in [2.05, 4.69) is 9.72 Å². The summed E-state index contributed by atoms with van der Waals surface area (Å²) in [6, 6.07) is 0.645. The molecule has 0 spiro atoms. The molecule has 0 radical (unpaired) electrons. The molecule has 1 heterocycles. The number of Topliss-reactive ketones (excluding diaryl/α,β-unsaturated/α-hetero) is 1. The van der Waals surface area contributed by atoms with E-state index in [-0.39, 0.29) is 17.9 Å². The molecule has 0 amide bonds. The lowest BCUT2D eigenvalue weighted by molar-refractivity contribution is -0.150. The summed E-state index contributed by atoms with van der Waals surface area (Å²) in [7, 11) is 3.13. The van der Waals surface area contributed by atoms with Crippen LogP contribution in [0.1, 0.15) is 18.2 Å². The number of carbonyl (C=O) groups is 2. The number of pyridine rings is 1. The van der Waals surface area contributed by atoms with E-state index in [1.165, 1.54) is 18.0 Å². The van der Waals surface area contributed by atoms with Crippen LogP contribution < -0.4 is 0 Å². The molecular weight excluding hydrogens is 337 g/mol. The Morgan fingerprint density at radius 2 is 2.00 bits per heavy atom. The van der Waals surface area contributed by atoms with Crippen molar-refractivity contribution in [2.24, 2.45) is 0 Å². The van der Waals surface area contributed by atoms with E-state index in [4.69, 9.17) is 11.6 Å². The van der Waals surface area contributed by atoms with Gasteiger partial charge in [-0.25, -0.2) is 4.79 Å². The van der Waals surface area contributed by atoms with Gasteiger partial charge in [-0.2, -0.15) is 13.2 Å². The number of halogens is 4. The Hall–Kier alpha value is -2.09. The maximum absolute atomic E-state index is 12.6. The molecule has 0 N–H and O–H groups in total. The molecule has 0 unspecified atom stereocenters. The lowest BCUT2D eigenvalue weighted by atomic mass is 10.1. The molecule has 23 heavy (non-hydrogen) atoms. The second-order valence-corrected chi connectivity index (χ2v) is 5.02. The predicted molar refractivity (Wildman–Crippen MR) is 77.6 cm³/mol. The molecule has 5 nitrogen and oxygen atoms in total. The highest BCUT2D eigenvalue weighted by atomic mass is 35.5. The smallest absolute Gasteiger partial charge is 0.417 e. The van der Waals surface area contributed by atoms with Gasteiger partial charge in [0.05, 0.1) is 28.5 Å². The predicted octanol–water partition coefficient (Wildman–Crippen LogP) is 2.79. The molecule has 0 bridgehead atoms. The summed E-state index contributed by atoms with van der Waals surface area (Å²) in [5.74, 6) is -2.19. The first kappa shape index (κ1) is 19.0. The molecule has 0 saturated carbocycles. The highest BCUT2D eigenvalue weighted by molar-refractivity contribution is 6.52. The molecule has 0 fully saturated rings. The number of aromatic nitrogens is 1. The zero-order valence-electron chi connectivity index (χ0n) is 12.6. The summed E-state index contributed by atoms with van der Waals surface area (Å²) in [6.45, 7) is 1.50. The standard InChI is InChI=1S/C14H14ClF3N2O3/c1-4-23-13(22)12(21)9(7-20(2)3)11-10(15)5-8(6-19-11)14(16,17)18/h5-7H,4H2,1-3H3/b9-7-. The molecule has 1 rings (SSSR count). The van der Waals surface area contributed by atoms with Crippen molar-refractivity contribution >= 4 is 28.9 Å². The SMILES string of the molecule is CCOC(=O)C(=O)/C(=C\N(C)C)c1ncc(C(F)(F)F)cc1Cl. The van der Waals surface area contributed by atoms with Crippen molar-refractivity contribution in [2.75, 3.05) is 20.7 Å². The van der Waals surface area contributed by atoms with E-state index in [0.717, 1.165) is 0 Å². The largest absolute Gasteiger partial charge is 0.460 e. The van der Waals surface area contributed by atoms with Gasteiger partial charge in [-0.1, -0.05) is 11.6 Å². The van der Waals surface area contributed by atoms with Crippen molar-refractivity contribution in [3.63, 3.8) is 0 Å². The average molecular weight is 351 g/mol. The van der Waals surface area contributed by atoms with Crippen LogP contribution in [-0.4, -0.2) is 42.3 Å². The fraction of sp³-hybridized carbons (Fsp3) is 0.357. The van der Waals surface area contributed by atoms with Crippen LogP contribution >= 0.6 is 11.6 Å². The van der Waals surface area contributed by atoms with E-state index in [1.807, 2.05) is 0 Å². The Bertz CT molecular complexity index is 643. The molecule has 0 aliphatic heterocycles. The number of ketones is 1. The molecular formula is C14H14ClF3N2O3. The average Bonchev–Trinajstić information content (AvgIpc) is 2.43. The van der Waals surface area contributed by atoms with Crippen molar-refractivity contribution in [3.8, 4) is 0 Å². The molecule has 1 aromatic rings. The zero-order chi connectivity index (χ0) is 17.8. The fourth-order valence-corrected chi connectivity index (χ4v) is 1.85. The van der Waals surface area contributed by atoms with Gasteiger partial charge in [0.25, 0.3) is 5.78 Å². The summed E-state index contributed by atoms with van der Waals surface area (Å²) >= 11 is 5.81. The van der Waals surface area contributed by atoms with Gasteiger partial charge in [0.1, 0.15) is 0 Å². The lowest BCUT2D eigenvalue weighted by Gasteiger charge is -2.13. The van der Waals surface area contributed by atoms with Crippen LogP contribution in [0.15, 0.2) is 18.5 Å². The van der Waals surface area contributed by atoms with E-state index in [1.54, 1.807) is 14.1 Å². The van der Waals surface area contributed by atoms with Gasteiger partial charge in [0.15, 0.2) is 0 Å². The molecule has 0 aliphatic carbocycles. The fourth-order valence-electron chi connectivity index (χ4n) is 1.58. The Morgan fingerprint density at radius 1 is 1.39 bits per heavy atom. The van der Waals surface area contributed by atoms with Crippen LogP contribution in [0.2, 0.25) is 5.02 Å². The first-order chi connectivity index (χ1) is 10.6. The highest BCUT2D eigenvalue weighted by Crippen LogP contribution is 2.33. The number of hydrogen-bond acceptors (Lipinski definition) is 5. The second kappa shape index (κ2) is 7.45. The highest BCUT2D eigenvalue weighted by Gasteiger charge is 2.33. The monoisotopic (exact) mass is 350 g/mol. The summed E-state index contributed by atoms with van der Waals surface area (Å²) in [5, 5.41) is -0.398. The number of nitrogens with zero attached hydrogens (tertiary/aromatic N) is 2. The third-order valence-electron chi connectivity index (χ3n) is 2.52. The molecule has 0 aromatic carbocycles. The maximum atomic E-state index is 12.6. The Labute approximate surface area is 135 Å². The van der Waals surface area contributed by atoms with Crippen molar-refractivity contribution in [1.82, 2.24) is 9.88 Å². The van der Waals surface area contributed by atoms with E-state index in [0.29, 0.717) is 12.3 Å². The minimum Gasteiger partial charge on any atom is -0.460 e. The van der Waals surface area contributed by atoms with E-state index in [9.17, 15) is 22.8 Å². The molecule has 1 aromatic heterocycles. The summed E-state index contributed by atoms with van der Waals surface area (Å²) in [6.07, 6.45) is -2.84. The van der Waals surface area contributed by atoms with Crippen molar-refractivity contribution < 1.29 is 27.5 Å². The summed E-state index contributed by atoms with van der Waals surface area (Å²) in [4.78, 5) is 28.7. The van der Waals surface area contributed by atoms with E-state index >= 15 is 0 Å². The minimum absolute atomic E-state index is 0.0199. The zero-order valence-corrected chi connectivity index (χ0v) is 13.3. The van der Waals surface area contributed by atoms with Gasteiger partial charge < -0.3 is 9.64 Å². The molecule has 9 heteroatoms. The van der Waals surface area contributed by atoms with Gasteiger partial charge in [-0.3, -0.25) is 9.78 Å². The number of carbonyl (C=O) groups excluding carboxylic acids is 2. The van der Waals surface area contributed by atoms with Crippen LogP contribution in [0.5, 0.6) is 0 Å². The van der Waals surface area contributed by atoms with Gasteiger partial charge in [0, 0.05) is 26.5 Å². The number of ether oxygens (including phenoxy) is 1. The third kappa shape index (κ3) is 4.95. The lowest BCUT2D eigenvalue weighted by Crippen LogP contribution is -2.21. The third-order valence-corrected chi connectivity index (χ3v) is 2.80. The number of hydrogen-bond donors (Lipinski definition) is 0. The minimum atomic E-state index is -4.62. The number of alkyl halides is 3. The van der Waals surface area contributed by atoms with Gasteiger partial charge in [-0.05, 0) is 13.0 Å². The Balaban J connectivity index is 3.35. The van der Waals surface area contributed by atoms with Crippen LogP contribution in [0.4, 0.5) is 13.2 Å². The number of rotatable bonds is 5. The quantitative estimate of drug-likeness (QED) is 0.464. The first-order valence-electron chi connectivity index (χ1n) is 6.40. The maximum Gasteiger partial charge on any atom is 0.417 e. The normalized spacial score (nSPS) is 12.0. The van der Waals surface area contributed by atoms with Crippen LogP contribution in [-0.2, 0) is 20.5 Å². The van der Waals surface area contributed by atoms with E-state index < -0.39 is 28.5 Å². The summed E-state index contributed by atoms with van der Waals surface area (Å²) in [5.41, 5.74) is -1.54. The molecule has 0 aliphatic rings.